The summed E-state index contributed by atoms with van der Waals surface area (Å²) in [5.41, 5.74) is 6.36. The zero-order valence-electron chi connectivity index (χ0n) is 19.0. The minimum absolute atomic E-state index is 0.187. The van der Waals surface area contributed by atoms with Crippen molar-refractivity contribution in [1.82, 2.24) is 4.90 Å². The van der Waals surface area contributed by atoms with Crippen LogP contribution in [0.3, 0.4) is 0 Å². The Bertz CT molecular complexity index is 1480. The Hall–Kier alpha value is -3.83. The fraction of sp³-hybridized carbons (Fsp3) is 0.133. The van der Waals surface area contributed by atoms with Gasteiger partial charge in [-0.3, -0.25) is 14.5 Å². The van der Waals surface area contributed by atoms with Gasteiger partial charge in [0.05, 0.1) is 28.5 Å². The summed E-state index contributed by atoms with van der Waals surface area (Å²) in [7, 11) is 0. The maximum Gasteiger partial charge on any atom is 0.262 e. The molecule has 7 rings (SSSR count). The molecule has 0 unspecified atom stereocenters. The molecule has 0 saturated carbocycles. The molecule has 35 heavy (non-hydrogen) atoms. The van der Waals surface area contributed by atoms with Crippen molar-refractivity contribution in [3.8, 4) is 0 Å². The molecule has 0 saturated heterocycles. The van der Waals surface area contributed by atoms with E-state index in [9.17, 15) is 9.59 Å². The summed E-state index contributed by atoms with van der Waals surface area (Å²) in [4.78, 5) is 33.2. The summed E-state index contributed by atoms with van der Waals surface area (Å²) in [6.07, 6.45) is 2.77. The Morgan fingerprint density at radius 3 is 2.14 bits per heavy atom. The first-order chi connectivity index (χ1) is 17.2. The Kier molecular flexibility index (Phi) is 4.61. The molecule has 4 nitrogen and oxygen atoms in total. The highest BCUT2D eigenvalue weighted by Crippen LogP contribution is 2.51. The lowest BCUT2D eigenvalue weighted by Crippen LogP contribution is -2.35. The lowest BCUT2D eigenvalue weighted by atomic mass is 9.87. The van der Waals surface area contributed by atoms with Crippen LogP contribution < -0.4 is 4.90 Å². The second kappa shape index (κ2) is 7.85. The van der Waals surface area contributed by atoms with Crippen molar-refractivity contribution in [1.29, 1.82) is 0 Å². The number of imide groups is 1. The fourth-order valence-electron chi connectivity index (χ4n) is 5.65. The maximum atomic E-state index is 13.7. The fourth-order valence-corrected chi connectivity index (χ4v) is 6.71. The summed E-state index contributed by atoms with van der Waals surface area (Å²) in [6.45, 7) is 0. The molecule has 0 radical (unpaired) electrons. The minimum Gasteiger partial charge on any atom is -0.308 e. The first kappa shape index (κ1) is 20.5. The molecular formula is C30H22N2O2S. The number of anilines is 3. The van der Waals surface area contributed by atoms with Gasteiger partial charge in [-0.05, 0) is 72.9 Å². The summed E-state index contributed by atoms with van der Waals surface area (Å²) in [5, 5.41) is 0. The predicted molar refractivity (Wildman–Crippen MR) is 138 cm³/mol. The highest BCUT2D eigenvalue weighted by Gasteiger charge is 2.42. The molecule has 5 heteroatoms. The summed E-state index contributed by atoms with van der Waals surface area (Å²) >= 11 is 1.75. The molecule has 2 amide bonds. The van der Waals surface area contributed by atoms with Crippen LogP contribution in [-0.2, 0) is 6.42 Å². The number of fused-ring (bicyclic) bond motifs is 4. The smallest absolute Gasteiger partial charge is 0.262 e. The lowest BCUT2D eigenvalue weighted by molar-refractivity contribution is 0.0566. The van der Waals surface area contributed by atoms with Crippen LogP contribution in [-0.4, -0.2) is 16.7 Å². The van der Waals surface area contributed by atoms with E-state index in [1.807, 2.05) is 54.6 Å². The van der Waals surface area contributed by atoms with E-state index in [1.165, 1.54) is 10.5 Å². The third kappa shape index (κ3) is 3.08. The third-order valence-corrected chi connectivity index (χ3v) is 8.37. The number of nitrogens with zero attached hydrogens (tertiary/aromatic N) is 2. The standard InChI is InChI=1S/C30H22N2O2S/c33-29-22-17-16-20(31-25-11-3-5-14-27(25)35-28-15-6-4-12-26(28)31)18-23(22)30(34)32(29)24-13-7-9-19-8-1-2-10-21(19)24/h1-6,8,10-12,14-18,24H,7,9,13H2/t24-/m1/s1. The van der Waals surface area contributed by atoms with Gasteiger partial charge in [-0.1, -0.05) is 60.3 Å². The number of amides is 2. The number of hydrogen-bond donors (Lipinski definition) is 0. The Morgan fingerprint density at radius 1 is 0.714 bits per heavy atom. The number of para-hydroxylation sites is 2. The SMILES string of the molecule is O=C1c2ccc(N3c4ccccc4Sc4ccccc43)cc2C(=O)N1[C@@H]1CCCc2ccccc21. The van der Waals surface area contributed by atoms with Gasteiger partial charge in [0.2, 0.25) is 0 Å². The third-order valence-electron chi connectivity index (χ3n) is 7.24. The van der Waals surface area contributed by atoms with E-state index in [4.69, 9.17) is 0 Å². The molecule has 2 aliphatic heterocycles. The van der Waals surface area contributed by atoms with E-state index in [2.05, 4.69) is 41.3 Å². The number of rotatable bonds is 2. The summed E-state index contributed by atoms with van der Waals surface area (Å²) in [6, 6.07) is 30.3. The molecule has 0 N–H and O–H groups in total. The monoisotopic (exact) mass is 474 g/mol. The van der Waals surface area contributed by atoms with Crippen LogP contribution in [0.4, 0.5) is 17.1 Å². The highest BCUT2D eigenvalue weighted by atomic mass is 32.2. The average molecular weight is 475 g/mol. The molecule has 1 aliphatic carbocycles. The molecule has 0 spiro atoms. The van der Waals surface area contributed by atoms with Crippen molar-refractivity contribution in [3.05, 3.63) is 113 Å². The predicted octanol–water partition coefficient (Wildman–Crippen LogP) is 7.29. The topological polar surface area (TPSA) is 40.6 Å². The number of carbonyl (C=O) groups is 2. The molecule has 0 fully saturated rings. The van der Waals surface area contributed by atoms with Gasteiger partial charge in [-0.2, -0.15) is 0 Å². The van der Waals surface area contributed by atoms with Crippen LogP contribution in [0.25, 0.3) is 0 Å². The Morgan fingerprint density at radius 2 is 1.37 bits per heavy atom. The van der Waals surface area contributed by atoms with Crippen molar-refractivity contribution in [2.45, 2.75) is 35.1 Å². The molecule has 3 aliphatic rings. The number of aryl methyl sites for hydroxylation is 1. The van der Waals surface area contributed by atoms with Crippen LogP contribution in [0.15, 0.2) is 101 Å². The normalized spacial score (nSPS) is 18.1. The molecule has 4 aromatic rings. The summed E-state index contributed by atoms with van der Waals surface area (Å²) < 4.78 is 0. The molecule has 1 atom stereocenters. The van der Waals surface area contributed by atoms with Gasteiger partial charge in [0.1, 0.15) is 0 Å². The maximum absolute atomic E-state index is 13.7. The summed E-state index contributed by atoms with van der Waals surface area (Å²) in [5.74, 6) is -0.380. The van der Waals surface area contributed by atoms with Crippen LogP contribution in [0.1, 0.15) is 50.7 Å². The highest BCUT2D eigenvalue weighted by molar-refractivity contribution is 7.99. The second-order valence-corrected chi connectivity index (χ2v) is 10.3. The zero-order chi connectivity index (χ0) is 23.5. The van der Waals surface area contributed by atoms with Crippen molar-refractivity contribution < 1.29 is 9.59 Å². The van der Waals surface area contributed by atoms with E-state index < -0.39 is 0 Å². The molecule has 0 bridgehead atoms. The quantitative estimate of drug-likeness (QED) is 0.252. The van der Waals surface area contributed by atoms with Crippen molar-refractivity contribution in [2.24, 2.45) is 0 Å². The van der Waals surface area contributed by atoms with Gasteiger partial charge in [-0.25, -0.2) is 0 Å². The van der Waals surface area contributed by atoms with Gasteiger partial charge in [0.15, 0.2) is 0 Å². The minimum atomic E-state index is -0.205. The molecule has 0 aromatic heterocycles. The van der Waals surface area contributed by atoms with E-state index >= 15 is 0 Å². The van der Waals surface area contributed by atoms with Gasteiger partial charge in [0, 0.05) is 15.5 Å². The number of benzene rings is 4. The van der Waals surface area contributed by atoms with Crippen LogP contribution >= 0.6 is 11.8 Å². The largest absolute Gasteiger partial charge is 0.308 e. The number of carbonyl (C=O) groups excluding carboxylic acids is 2. The van der Waals surface area contributed by atoms with Gasteiger partial charge in [0.25, 0.3) is 11.8 Å². The molecular weight excluding hydrogens is 452 g/mol. The zero-order valence-corrected chi connectivity index (χ0v) is 19.8. The van der Waals surface area contributed by atoms with Crippen LogP contribution in [0, 0.1) is 0 Å². The first-order valence-electron chi connectivity index (χ1n) is 12.0. The molecule has 170 valence electrons. The average Bonchev–Trinajstić information content (AvgIpc) is 3.15. The van der Waals surface area contributed by atoms with Gasteiger partial charge < -0.3 is 4.90 Å². The second-order valence-electron chi connectivity index (χ2n) is 9.19. The van der Waals surface area contributed by atoms with E-state index in [1.54, 1.807) is 11.8 Å². The van der Waals surface area contributed by atoms with Gasteiger partial charge in [-0.15, -0.1) is 0 Å². The first-order valence-corrected chi connectivity index (χ1v) is 12.8. The lowest BCUT2D eigenvalue weighted by Gasteiger charge is -2.33. The van der Waals surface area contributed by atoms with E-state index in [-0.39, 0.29) is 17.9 Å². The van der Waals surface area contributed by atoms with Gasteiger partial charge >= 0.3 is 0 Å². The van der Waals surface area contributed by atoms with Crippen molar-refractivity contribution >= 4 is 40.6 Å². The van der Waals surface area contributed by atoms with Crippen molar-refractivity contribution in [3.63, 3.8) is 0 Å². The van der Waals surface area contributed by atoms with Crippen LogP contribution in [0.2, 0.25) is 0 Å². The van der Waals surface area contributed by atoms with Crippen LogP contribution in [0.5, 0.6) is 0 Å². The van der Waals surface area contributed by atoms with Crippen molar-refractivity contribution in [2.75, 3.05) is 4.90 Å². The number of hydrogen-bond acceptors (Lipinski definition) is 4. The Balaban J connectivity index is 1.32. The Labute approximate surface area is 208 Å². The molecule has 4 aromatic carbocycles. The molecule has 2 heterocycles. The van der Waals surface area contributed by atoms with E-state index in [0.29, 0.717) is 11.1 Å². The van der Waals surface area contributed by atoms with E-state index in [0.717, 1.165) is 51.7 Å².